The summed E-state index contributed by atoms with van der Waals surface area (Å²) in [7, 11) is 0. The van der Waals surface area contributed by atoms with E-state index < -0.39 is 11.7 Å². The number of halogens is 3. The topological polar surface area (TPSA) is 67.1 Å². The molecule has 2 heterocycles. The molecule has 2 bridgehead atoms. The molecule has 1 aliphatic carbocycles. The van der Waals surface area contributed by atoms with E-state index in [0.29, 0.717) is 29.1 Å². The van der Waals surface area contributed by atoms with Crippen LogP contribution in [0.5, 0.6) is 0 Å². The van der Waals surface area contributed by atoms with Crippen molar-refractivity contribution >= 4 is 23.0 Å². The Morgan fingerprint density at radius 3 is 2.45 bits per heavy atom. The molecule has 2 aliphatic rings. The first kappa shape index (κ1) is 19.8. The Balaban J connectivity index is 1.59. The van der Waals surface area contributed by atoms with Crippen molar-refractivity contribution in [3.8, 4) is 0 Å². The minimum Gasteiger partial charge on any atom is -0.393 e. The molecule has 1 saturated heterocycles. The zero-order chi connectivity index (χ0) is 21.0. The third-order valence-corrected chi connectivity index (χ3v) is 6.02. The van der Waals surface area contributed by atoms with E-state index in [-0.39, 0.29) is 10.8 Å². The number of alkyl halides is 3. The lowest BCUT2D eigenvalue weighted by Crippen LogP contribution is -2.35. The fourth-order valence-corrected chi connectivity index (χ4v) is 5.30. The van der Waals surface area contributed by atoms with E-state index in [0.717, 1.165) is 37.9 Å². The Labute approximate surface area is 168 Å². The average molecular weight is 405 g/mol. The van der Waals surface area contributed by atoms with Gasteiger partial charge < -0.3 is 16.0 Å². The summed E-state index contributed by atoms with van der Waals surface area (Å²) in [6.45, 7) is 7.82. The number of nitrogens with zero attached hydrogens (tertiary/aromatic N) is 3. The van der Waals surface area contributed by atoms with Gasteiger partial charge in [0.2, 0.25) is 0 Å². The Hall–Kier alpha value is -2.51. The van der Waals surface area contributed by atoms with Crippen LogP contribution in [0.15, 0.2) is 30.6 Å². The molecular formula is C21H26F3N5. The number of hydrogen-bond donors (Lipinski definition) is 2. The molecule has 0 radical (unpaired) electrons. The first-order valence-corrected chi connectivity index (χ1v) is 9.77. The Kier molecular flexibility index (Phi) is 4.44. The molecule has 0 spiro atoms. The molecule has 0 amide bonds. The summed E-state index contributed by atoms with van der Waals surface area (Å²) in [6.07, 6.45) is 0.439. The molecule has 3 N–H and O–H groups in total. The van der Waals surface area contributed by atoms with Gasteiger partial charge in [-0.1, -0.05) is 20.8 Å². The summed E-state index contributed by atoms with van der Waals surface area (Å²) in [6, 6.07) is 5.19. The largest absolute Gasteiger partial charge is 0.416 e. The summed E-state index contributed by atoms with van der Waals surface area (Å²) < 4.78 is 38.3. The van der Waals surface area contributed by atoms with Gasteiger partial charge in [0, 0.05) is 18.3 Å². The van der Waals surface area contributed by atoms with Crippen molar-refractivity contribution in [1.82, 2.24) is 9.97 Å². The summed E-state index contributed by atoms with van der Waals surface area (Å²) in [5.41, 5.74) is 7.11. The van der Waals surface area contributed by atoms with Gasteiger partial charge in [-0.2, -0.15) is 13.2 Å². The number of fused-ring (bicyclic) bond motifs is 2. The molecule has 29 heavy (non-hydrogen) atoms. The molecule has 2 unspecified atom stereocenters. The van der Waals surface area contributed by atoms with Gasteiger partial charge in [0.05, 0.1) is 5.56 Å². The molecule has 1 aromatic heterocycles. The van der Waals surface area contributed by atoms with E-state index in [9.17, 15) is 13.2 Å². The van der Waals surface area contributed by atoms with E-state index in [4.69, 9.17) is 5.73 Å². The highest BCUT2D eigenvalue weighted by Crippen LogP contribution is 2.54. The van der Waals surface area contributed by atoms with E-state index >= 15 is 0 Å². The van der Waals surface area contributed by atoms with Gasteiger partial charge in [-0.25, -0.2) is 9.97 Å². The van der Waals surface area contributed by atoms with Crippen LogP contribution in [0.3, 0.4) is 0 Å². The van der Waals surface area contributed by atoms with Gasteiger partial charge in [0.25, 0.3) is 0 Å². The highest BCUT2D eigenvalue weighted by atomic mass is 19.4. The molecule has 4 rings (SSSR count). The molecule has 5 nitrogen and oxygen atoms in total. The van der Waals surface area contributed by atoms with Crippen molar-refractivity contribution in [3.63, 3.8) is 0 Å². The maximum Gasteiger partial charge on any atom is 0.416 e. The van der Waals surface area contributed by atoms with Gasteiger partial charge >= 0.3 is 6.18 Å². The number of nitrogens with two attached hydrogens (primary N) is 1. The Bertz CT molecular complexity index is 910. The van der Waals surface area contributed by atoms with Crippen LogP contribution < -0.4 is 16.0 Å². The number of benzene rings is 1. The van der Waals surface area contributed by atoms with Crippen LogP contribution in [0.4, 0.5) is 36.2 Å². The van der Waals surface area contributed by atoms with Crippen LogP contribution in [-0.2, 0) is 6.18 Å². The fourth-order valence-electron chi connectivity index (χ4n) is 5.30. The first-order chi connectivity index (χ1) is 13.5. The summed E-state index contributed by atoms with van der Waals surface area (Å²) in [5.74, 6) is 1.10. The normalized spacial score (nSPS) is 25.9. The number of nitrogens with one attached hydrogen (secondary N) is 1. The molecule has 1 aromatic carbocycles. The number of rotatable bonds is 3. The molecule has 1 aliphatic heterocycles. The molecule has 8 heteroatoms. The second-order valence-corrected chi connectivity index (χ2v) is 9.50. The highest BCUT2D eigenvalue weighted by molar-refractivity contribution is 5.78. The van der Waals surface area contributed by atoms with Crippen LogP contribution in [-0.4, -0.2) is 22.6 Å². The number of hydrogen-bond acceptors (Lipinski definition) is 5. The zero-order valence-electron chi connectivity index (χ0n) is 16.8. The third kappa shape index (κ3) is 3.84. The van der Waals surface area contributed by atoms with E-state index in [1.807, 2.05) is 0 Å². The number of aromatic nitrogens is 2. The summed E-state index contributed by atoms with van der Waals surface area (Å²) in [5, 5.41) is 3.03. The van der Waals surface area contributed by atoms with Crippen LogP contribution in [0.25, 0.3) is 0 Å². The summed E-state index contributed by atoms with van der Waals surface area (Å²) >= 11 is 0. The van der Waals surface area contributed by atoms with Crippen LogP contribution in [0, 0.1) is 10.8 Å². The van der Waals surface area contributed by atoms with Crippen LogP contribution in [0.2, 0.25) is 0 Å². The number of anilines is 4. The predicted molar refractivity (Wildman–Crippen MR) is 108 cm³/mol. The minimum absolute atomic E-state index is 0.227. The van der Waals surface area contributed by atoms with Crippen LogP contribution >= 0.6 is 0 Å². The van der Waals surface area contributed by atoms with E-state index in [1.54, 1.807) is 0 Å². The molecular weight excluding hydrogens is 379 g/mol. The van der Waals surface area contributed by atoms with Gasteiger partial charge in [-0.3, -0.25) is 0 Å². The van der Waals surface area contributed by atoms with Crippen molar-refractivity contribution in [2.24, 2.45) is 10.8 Å². The lowest BCUT2D eigenvalue weighted by atomic mass is 9.65. The quantitative estimate of drug-likeness (QED) is 0.732. The lowest BCUT2D eigenvalue weighted by Gasteiger charge is -2.39. The molecule has 1 saturated carbocycles. The van der Waals surface area contributed by atoms with Crippen molar-refractivity contribution in [1.29, 1.82) is 0 Å². The van der Waals surface area contributed by atoms with Crippen molar-refractivity contribution in [2.75, 3.05) is 22.5 Å². The molecule has 2 aromatic rings. The highest BCUT2D eigenvalue weighted by Gasteiger charge is 2.50. The fraction of sp³-hybridized carbons (Fsp3) is 0.524. The van der Waals surface area contributed by atoms with Gasteiger partial charge in [-0.05, 0) is 54.4 Å². The maximum absolute atomic E-state index is 12.8. The predicted octanol–water partition coefficient (Wildman–Crippen LogP) is 5.23. The SMILES string of the molecule is CC1(C)CC2CC(C)(CN2c2ncnc(Nc3ccc(C(F)(F)F)cc3)c2N)C1. The zero-order valence-corrected chi connectivity index (χ0v) is 16.8. The Morgan fingerprint density at radius 2 is 1.79 bits per heavy atom. The van der Waals surface area contributed by atoms with Gasteiger partial charge in [0.15, 0.2) is 11.6 Å². The lowest BCUT2D eigenvalue weighted by molar-refractivity contribution is -0.137. The third-order valence-electron chi connectivity index (χ3n) is 6.02. The maximum atomic E-state index is 12.8. The molecule has 2 atom stereocenters. The smallest absolute Gasteiger partial charge is 0.393 e. The van der Waals surface area contributed by atoms with Gasteiger partial charge in [-0.15, -0.1) is 0 Å². The van der Waals surface area contributed by atoms with Crippen molar-refractivity contribution < 1.29 is 13.2 Å². The molecule has 2 fully saturated rings. The summed E-state index contributed by atoms with van der Waals surface area (Å²) in [4.78, 5) is 10.9. The minimum atomic E-state index is -4.36. The Morgan fingerprint density at radius 1 is 1.10 bits per heavy atom. The second kappa shape index (κ2) is 6.50. The standard InChI is InChI=1S/C21H26F3N5/c1-19(2)8-15-9-20(3,10-19)11-29(15)18-16(25)17(26-12-27-18)28-14-6-4-13(5-7-14)21(22,23)24/h4-7,12,15H,8-11,25H2,1-3H3,(H,26,27,28). The van der Waals surface area contributed by atoms with Gasteiger partial charge in [0.1, 0.15) is 12.0 Å². The van der Waals surface area contributed by atoms with E-state index in [1.165, 1.54) is 18.5 Å². The second-order valence-electron chi connectivity index (χ2n) is 9.50. The monoisotopic (exact) mass is 405 g/mol. The molecule has 156 valence electrons. The van der Waals surface area contributed by atoms with E-state index in [2.05, 4.69) is 41.0 Å². The van der Waals surface area contributed by atoms with Crippen molar-refractivity contribution in [3.05, 3.63) is 36.2 Å². The number of nitrogen functional groups attached to an aromatic ring is 1. The van der Waals surface area contributed by atoms with Crippen LogP contribution in [0.1, 0.15) is 45.6 Å². The van der Waals surface area contributed by atoms with Crippen molar-refractivity contribution in [2.45, 2.75) is 52.3 Å². The average Bonchev–Trinajstić information content (AvgIpc) is 2.85. The first-order valence-electron chi connectivity index (χ1n) is 9.77.